The maximum atomic E-state index is 11.7. The summed E-state index contributed by atoms with van der Waals surface area (Å²) in [5, 5.41) is 2.42. The second-order valence-corrected chi connectivity index (χ2v) is 7.20. The van der Waals surface area contributed by atoms with Gasteiger partial charge >= 0.3 is 0 Å². The summed E-state index contributed by atoms with van der Waals surface area (Å²) in [4.78, 5) is 25.6. The molecule has 0 bridgehead atoms. The summed E-state index contributed by atoms with van der Waals surface area (Å²) < 4.78 is 5.85. The Kier molecular flexibility index (Phi) is 3.20. The summed E-state index contributed by atoms with van der Waals surface area (Å²) in [5.74, 6) is 1.31. The Bertz CT molecular complexity index is 575. The molecule has 2 saturated heterocycles. The predicted molar refractivity (Wildman–Crippen MR) is 77.6 cm³/mol. The molecule has 2 amide bonds. The van der Waals surface area contributed by atoms with Crippen molar-refractivity contribution >= 4 is 11.8 Å². The molecule has 1 N–H and O–H groups in total. The number of imide groups is 1. The second-order valence-electron chi connectivity index (χ2n) is 7.20. The van der Waals surface area contributed by atoms with E-state index in [1.807, 2.05) is 6.92 Å². The molecule has 21 heavy (non-hydrogen) atoms. The Hall–Kier alpha value is -1.62. The molecule has 0 spiro atoms. The number of nitrogens with one attached hydrogen (secondary N) is 1. The average molecular weight is 290 g/mol. The topological polar surface area (TPSA) is 62.6 Å². The molecule has 5 nitrogen and oxygen atoms in total. The summed E-state index contributed by atoms with van der Waals surface area (Å²) in [7, 11) is 0. The first-order valence-corrected chi connectivity index (χ1v) is 7.42. The van der Waals surface area contributed by atoms with Gasteiger partial charge in [0.15, 0.2) is 0 Å². The van der Waals surface area contributed by atoms with Crippen molar-refractivity contribution in [2.45, 2.75) is 39.7 Å². The first-order chi connectivity index (χ1) is 9.75. The van der Waals surface area contributed by atoms with E-state index in [2.05, 4.69) is 37.1 Å². The highest BCUT2D eigenvalue weighted by atomic mass is 16.3. The molecule has 2 fully saturated rings. The lowest BCUT2D eigenvalue weighted by Crippen LogP contribution is -2.31. The van der Waals surface area contributed by atoms with Gasteiger partial charge in [0.2, 0.25) is 11.8 Å². The SMILES string of the molecule is Cc1oc(C(C)(C)C)cc1CN1C[C@@H]2C(=O)NC(=O)[C@@H]2C1. The van der Waals surface area contributed by atoms with Crippen molar-refractivity contribution in [3.8, 4) is 0 Å². The van der Waals surface area contributed by atoms with Gasteiger partial charge in [-0.1, -0.05) is 20.8 Å². The Morgan fingerprint density at radius 2 is 1.81 bits per heavy atom. The van der Waals surface area contributed by atoms with Gasteiger partial charge in [-0.2, -0.15) is 0 Å². The highest BCUT2D eigenvalue weighted by Crippen LogP contribution is 2.32. The number of nitrogens with zero attached hydrogens (tertiary/aromatic N) is 1. The zero-order valence-electron chi connectivity index (χ0n) is 13.0. The van der Waals surface area contributed by atoms with Gasteiger partial charge < -0.3 is 4.42 Å². The molecule has 0 aliphatic carbocycles. The lowest BCUT2D eigenvalue weighted by molar-refractivity contribution is -0.126. The first kappa shape index (κ1) is 14.3. The van der Waals surface area contributed by atoms with E-state index in [-0.39, 0.29) is 29.1 Å². The molecule has 1 aromatic rings. The standard InChI is InChI=1S/C16H22N2O3/c1-9-10(5-13(21-9)16(2,3)4)6-18-7-11-12(8-18)15(20)17-14(11)19/h5,11-12H,6-8H2,1-4H3,(H,17,19,20)/t11-,12+. The van der Waals surface area contributed by atoms with Crippen molar-refractivity contribution in [2.75, 3.05) is 13.1 Å². The van der Waals surface area contributed by atoms with Gasteiger partial charge in [-0.15, -0.1) is 0 Å². The van der Waals surface area contributed by atoms with Gasteiger partial charge in [-0.05, 0) is 13.0 Å². The van der Waals surface area contributed by atoms with Crippen molar-refractivity contribution in [1.29, 1.82) is 0 Å². The fraction of sp³-hybridized carbons (Fsp3) is 0.625. The number of hydrogen-bond donors (Lipinski definition) is 1. The van der Waals surface area contributed by atoms with Gasteiger partial charge in [0.05, 0.1) is 11.8 Å². The predicted octanol–water partition coefficient (Wildman–Crippen LogP) is 1.59. The Labute approximate surface area is 124 Å². The van der Waals surface area contributed by atoms with E-state index < -0.39 is 0 Å². The molecule has 3 rings (SSSR count). The van der Waals surface area contributed by atoms with Crippen molar-refractivity contribution in [3.63, 3.8) is 0 Å². The normalized spacial score (nSPS) is 26.3. The van der Waals surface area contributed by atoms with Crippen molar-refractivity contribution in [2.24, 2.45) is 11.8 Å². The number of aryl methyl sites for hydroxylation is 1. The van der Waals surface area contributed by atoms with Crippen molar-refractivity contribution in [1.82, 2.24) is 10.2 Å². The number of amides is 2. The largest absolute Gasteiger partial charge is 0.465 e. The number of carbonyl (C=O) groups is 2. The van der Waals surface area contributed by atoms with Crippen LogP contribution in [0.4, 0.5) is 0 Å². The van der Waals surface area contributed by atoms with E-state index in [4.69, 9.17) is 4.42 Å². The van der Waals surface area contributed by atoms with Crippen LogP contribution in [0.25, 0.3) is 0 Å². The summed E-state index contributed by atoms with van der Waals surface area (Å²) in [6.07, 6.45) is 0. The smallest absolute Gasteiger partial charge is 0.231 e. The van der Waals surface area contributed by atoms with E-state index in [0.29, 0.717) is 13.1 Å². The third kappa shape index (κ3) is 2.50. The minimum Gasteiger partial charge on any atom is -0.465 e. The van der Waals surface area contributed by atoms with Crippen LogP contribution in [-0.2, 0) is 21.5 Å². The number of carbonyl (C=O) groups excluding carboxylic acids is 2. The highest BCUT2D eigenvalue weighted by Gasteiger charge is 2.47. The van der Waals surface area contributed by atoms with E-state index >= 15 is 0 Å². The molecule has 114 valence electrons. The fourth-order valence-corrected chi connectivity index (χ4v) is 3.14. The van der Waals surface area contributed by atoms with Crippen LogP contribution in [0.3, 0.4) is 0 Å². The summed E-state index contributed by atoms with van der Waals surface area (Å²) in [6, 6.07) is 2.10. The van der Waals surface area contributed by atoms with Crippen LogP contribution in [-0.4, -0.2) is 29.8 Å². The van der Waals surface area contributed by atoms with Crippen LogP contribution >= 0.6 is 0 Å². The van der Waals surface area contributed by atoms with Crippen LogP contribution in [0.1, 0.15) is 37.9 Å². The van der Waals surface area contributed by atoms with E-state index in [0.717, 1.165) is 23.6 Å². The van der Waals surface area contributed by atoms with E-state index in [9.17, 15) is 9.59 Å². The Morgan fingerprint density at radius 1 is 1.24 bits per heavy atom. The molecule has 2 aliphatic heterocycles. The summed E-state index contributed by atoms with van der Waals surface area (Å²) in [5.41, 5.74) is 1.13. The average Bonchev–Trinajstić information content (AvgIpc) is 2.99. The Morgan fingerprint density at radius 3 is 2.29 bits per heavy atom. The van der Waals surface area contributed by atoms with Gasteiger partial charge in [0.25, 0.3) is 0 Å². The van der Waals surface area contributed by atoms with Crippen molar-refractivity contribution in [3.05, 3.63) is 23.2 Å². The second kappa shape index (κ2) is 4.70. The molecule has 5 heteroatoms. The van der Waals surface area contributed by atoms with Crippen LogP contribution in [0.2, 0.25) is 0 Å². The summed E-state index contributed by atoms with van der Waals surface area (Å²) >= 11 is 0. The molecule has 0 unspecified atom stereocenters. The minimum atomic E-state index is -0.174. The summed E-state index contributed by atoms with van der Waals surface area (Å²) in [6.45, 7) is 10.4. The molecule has 3 heterocycles. The number of furan rings is 1. The van der Waals surface area contributed by atoms with Gasteiger partial charge in [-0.25, -0.2) is 0 Å². The quantitative estimate of drug-likeness (QED) is 0.840. The van der Waals surface area contributed by atoms with E-state index in [1.54, 1.807) is 0 Å². The third-order valence-electron chi connectivity index (χ3n) is 4.47. The molecule has 0 aromatic carbocycles. The molecule has 2 aliphatic rings. The van der Waals surface area contributed by atoms with Crippen LogP contribution in [0.15, 0.2) is 10.5 Å². The number of likely N-dealkylation sites (tertiary alicyclic amines) is 1. The lowest BCUT2D eigenvalue weighted by atomic mass is 9.93. The zero-order valence-corrected chi connectivity index (χ0v) is 13.0. The van der Waals surface area contributed by atoms with E-state index in [1.165, 1.54) is 0 Å². The molecule has 2 atom stereocenters. The van der Waals surface area contributed by atoms with Crippen LogP contribution in [0.5, 0.6) is 0 Å². The maximum absolute atomic E-state index is 11.7. The monoisotopic (exact) mass is 290 g/mol. The first-order valence-electron chi connectivity index (χ1n) is 7.42. The van der Waals surface area contributed by atoms with Crippen LogP contribution in [0, 0.1) is 18.8 Å². The maximum Gasteiger partial charge on any atom is 0.231 e. The molecule has 0 radical (unpaired) electrons. The van der Waals surface area contributed by atoms with Gasteiger partial charge in [-0.3, -0.25) is 19.8 Å². The zero-order chi connectivity index (χ0) is 15.4. The molecular formula is C16H22N2O3. The molecular weight excluding hydrogens is 268 g/mol. The van der Waals surface area contributed by atoms with Crippen molar-refractivity contribution < 1.29 is 14.0 Å². The fourth-order valence-electron chi connectivity index (χ4n) is 3.14. The highest BCUT2D eigenvalue weighted by molar-refractivity contribution is 6.05. The third-order valence-corrected chi connectivity index (χ3v) is 4.47. The minimum absolute atomic E-state index is 0.0135. The number of fused-ring (bicyclic) bond motifs is 1. The van der Waals surface area contributed by atoms with Crippen LogP contribution < -0.4 is 5.32 Å². The number of hydrogen-bond acceptors (Lipinski definition) is 4. The van der Waals surface area contributed by atoms with Gasteiger partial charge in [0, 0.05) is 30.6 Å². The number of rotatable bonds is 2. The molecule has 0 saturated carbocycles. The van der Waals surface area contributed by atoms with Gasteiger partial charge in [0.1, 0.15) is 11.5 Å². The Balaban J connectivity index is 1.73. The lowest BCUT2D eigenvalue weighted by Gasteiger charge is -2.16. The molecule has 1 aromatic heterocycles.